The summed E-state index contributed by atoms with van der Waals surface area (Å²) >= 11 is 0. The maximum Gasteiger partial charge on any atom is 0.165 e. The molecule has 0 radical (unpaired) electrons. The zero-order valence-electron chi connectivity index (χ0n) is 15.3. The van der Waals surface area contributed by atoms with Crippen molar-refractivity contribution in [3.63, 3.8) is 0 Å². The largest absolute Gasteiger partial charge is 0.486 e. The SMILES string of the molecule is CCS(=O)(=O)C(CCCCC#N)NC1Cc2ccccc2OC1(C)C. The Balaban J connectivity index is 2.15. The van der Waals surface area contributed by atoms with E-state index in [1.807, 2.05) is 38.1 Å². The second-order valence-electron chi connectivity index (χ2n) is 7.08. The maximum absolute atomic E-state index is 12.5. The van der Waals surface area contributed by atoms with Crippen LogP contribution < -0.4 is 10.1 Å². The zero-order chi connectivity index (χ0) is 18.5. The lowest BCUT2D eigenvalue weighted by molar-refractivity contribution is 0.0465. The van der Waals surface area contributed by atoms with Crippen molar-refractivity contribution < 1.29 is 13.2 Å². The minimum atomic E-state index is -3.22. The first-order chi connectivity index (χ1) is 11.8. The molecule has 0 fully saturated rings. The molecule has 0 saturated carbocycles. The van der Waals surface area contributed by atoms with Gasteiger partial charge >= 0.3 is 0 Å². The number of nitriles is 1. The standard InChI is InChI=1S/C19H28N2O3S/c1-4-25(22,23)18(12-6-5-9-13-20)21-17-14-15-10-7-8-11-16(15)24-19(17,2)3/h7-8,10-11,17-18,21H,4-6,9,12,14H2,1-3H3. The van der Waals surface area contributed by atoms with Crippen LogP contribution >= 0.6 is 0 Å². The Morgan fingerprint density at radius 2 is 2.08 bits per heavy atom. The molecule has 0 aromatic heterocycles. The van der Waals surface area contributed by atoms with Gasteiger partial charge in [-0.05, 0) is 51.2 Å². The first-order valence-corrected chi connectivity index (χ1v) is 10.6. The highest BCUT2D eigenvalue weighted by atomic mass is 32.2. The van der Waals surface area contributed by atoms with E-state index >= 15 is 0 Å². The van der Waals surface area contributed by atoms with Crippen LogP contribution in [0.2, 0.25) is 0 Å². The van der Waals surface area contributed by atoms with Gasteiger partial charge in [0.1, 0.15) is 16.7 Å². The lowest BCUT2D eigenvalue weighted by Crippen LogP contribution is -2.58. The monoisotopic (exact) mass is 364 g/mol. The number of rotatable bonds is 8. The first kappa shape index (κ1) is 19.7. The zero-order valence-corrected chi connectivity index (χ0v) is 16.1. The average Bonchev–Trinajstić information content (AvgIpc) is 2.57. The van der Waals surface area contributed by atoms with Crippen LogP contribution in [-0.4, -0.2) is 31.2 Å². The summed E-state index contributed by atoms with van der Waals surface area (Å²) in [5.41, 5.74) is 0.596. The molecule has 0 saturated heterocycles. The predicted molar refractivity (Wildman–Crippen MR) is 99.1 cm³/mol. The molecule has 1 heterocycles. The topological polar surface area (TPSA) is 79.2 Å². The van der Waals surface area contributed by atoms with Crippen molar-refractivity contribution in [1.82, 2.24) is 5.32 Å². The van der Waals surface area contributed by atoms with Crippen molar-refractivity contribution >= 4 is 9.84 Å². The Morgan fingerprint density at radius 1 is 1.36 bits per heavy atom. The van der Waals surface area contributed by atoms with Crippen molar-refractivity contribution in [3.8, 4) is 11.8 Å². The second kappa shape index (κ2) is 8.20. The van der Waals surface area contributed by atoms with Gasteiger partial charge in [-0.3, -0.25) is 5.32 Å². The highest BCUT2D eigenvalue weighted by Crippen LogP contribution is 2.33. The van der Waals surface area contributed by atoms with Crippen molar-refractivity contribution in [3.05, 3.63) is 29.8 Å². The highest BCUT2D eigenvalue weighted by Gasteiger charge is 2.39. The summed E-state index contributed by atoms with van der Waals surface area (Å²) in [4.78, 5) is 0. The Labute approximate surface area is 151 Å². The summed E-state index contributed by atoms with van der Waals surface area (Å²) in [6, 6.07) is 9.91. The number of sulfone groups is 1. The van der Waals surface area contributed by atoms with Gasteiger partial charge < -0.3 is 4.74 Å². The van der Waals surface area contributed by atoms with Gasteiger partial charge in [0.2, 0.25) is 0 Å². The molecule has 0 aliphatic carbocycles. The summed E-state index contributed by atoms with van der Waals surface area (Å²) in [5.74, 6) is 0.975. The molecule has 0 amide bonds. The van der Waals surface area contributed by atoms with E-state index < -0.39 is 20.8 Å². The number of nitrogens with one attached hydrogen (secondary N) is 1. The summed E-state index contributed by atoms with van der Waals surface area (Å²) in [5, 5.41) is 11.4. The van der Waals surface area contributed by atoms with Gasteiger partial charge in [-0.1, -0.05) is 25.1 Å². The predicted octanol–water partition coefficient (Wildman–Crippen LogP) is 3.20. The fraction of sp³-hybridized carbons (Fsp3) is 0.632. The van der Waals surface area contributed by atoms with E-state index in [-0.39, 0.29) is 11.8 Å². The van der Waals surface area contributed by atoms with Gasteiger partial charge in [-0.15, -0.1) is 0 Å². The van der Waals surface area contributed by atoms with Crippen LogP contribution in [-0.2, 0) is 16.3 Å². The van der Waals surface area contributed by atoms with Gasteiger partial charge in [-0.2, -0.15) is 5.26 Å². The van der Waals surface area contributed by atoms with Crippen molar-refractivity contribution in [2.75, 3.05) is 5.75 Å². The summed E-state index contributed by atoms with van der Waals surface area (Å²) in [7, 11) is -3.22. The molecule has 1 aromatic rings. The van der Waals surface area contributed by atoms with Crippen LogP contribution in [0, 0.1) is 11.3 Å². The minimum absolute atomic E-state index is 0.0929. The first-order valence-electron chi connectivity index (χ1n) is 8.91. The van der Waals surface area contributed by atoms with E-state index in [0.717, 1.165) is 30.6 Å². The second-order valence-corrected chi connectivity index (χ2v) is 9.55. The molecule has 6 heteroatoms. The fourth-order valence-corrected chi connectivity index (χ4v) is 4.48. The number of ether oxygens (including phenoxy) is 1. The molecular formula is C19H28N2O3S. The molecule has 138 valence electrons. The molecule has 2 unspecified atom stereocenters. The van der Waals surface area contributed by atoms with E-state index in [4.69, 9.17) is 10.00 Å². The Hall–Kier alpha value is -1.58. The van der Waals surface area contributed by atoms with Gasteiger partial charge in [0.05, 0.1) is 12.1 Å². The Morgan fingerprint density at radius 3 is 2.76 bits per heavy atom. The summed E-state index contributed by atoms with van der Waals surface area (Å²) in [6.07, 6.45) is 3.16. The third kappa shape index (κ3) is 4.96. The van der Waals surface area contributed by atoms with Crippen LogP contribution in [0.15, 0.2) is 24.3 Å². The smallest absolute Gasteiger partial charge is 0.165 e. The number of benzene rings is 1. The lowest BCUT2D eigenvalue weighted by atomic mass is 9.88. The fourth-order valence-electron chi connectivity index (χ4n) is 3.18. The van der Waals surface area contributed by atoms with E-state index in [9.17, 15) is 8.42 Å². The van der Waals surface area contributed by atoms with E-state index in [1.54, 1.807) is 6.92 Å². The van der Waals surface area contributed by atoms with Crippen LogP contribution in [0.1, 0.15) is 52.0 Å². The van der Waals surface area contributed by atoms with Crippen molar-refractivity contribution in [2.24, 2.45) is 0 Å². The normalized spacial score (nSPS) is 20.2. The number of hydrogen-bond acceptors (Lipinski definition) is 5. The number of para-hydroxylation sites is 1. The molecule has 2 rings (SSSR count). The van der Waals surface area contributed by atoms with Gasteiger partial charge in [0.15, 0.2) is 9.84 Å². The molecule has 2 atom stereocenters. The quantitative estimate of drug-likeness (QED) is 0.717. The summed E-state index contributed by atoms with van der Waals surface area (Å²) in [6.45, 7) is 5.66. The van der Waals surface area contributed by atoms with Crippen LogP contribution in [0.3, 0.4) is 0 Å². The number of unbranched alkanes of at least 4 members (excludes halogenated alkanes) is 2. The lowest BCUT2D eigenvalue weighted by Gasteiger charge is -2.42. The van der Waals surface area contributed by atoms with Crippen LogP contribution in [0.25, 0.3) is 0 Å². The molecule has 1 aromatic carbocycles. The van der Waals surface area contributed by atoms with Gasteiger partial charge in [0, 0.05) is 12.2 Å². The molecule has 1 N–H and O–H groups in total. The molecule has 25 heavy (non-hydrogen) atoms. The minimum Gasteiger partial charge on any atom is -0.486 e. The van der Waals surface area contributed by atoms with Gasteiger partial charge in [0.25, 0.3) is 0 Å². The number of fused-ring (bicyclic) bond motifs is 1. The molecular weight excluding hydrogens is 336 g/mol. The van der Waals surface area contributed by atoms with Crippen molar-refractivity contribution in [1.29, 1.82) is 5.26 Å². The number of hydrogen-bond donors (Lipinski definition) is 1. The Bertz CT molecular complexity index is 722. The molecule has 1 aliphatic rings. The third-order valence-electron chi connectivity index (χ3n) is 4.84. The van der Waals surface area contributed by atoms with Crippen molar-refractivity contribution in [2.45, 2.75) is 69.9 Å². The molecule has 0 spiro atoms. The maximum atomic E-state index is 12.5. The van der Waals surface area contributed by atoms with Crippen LogP contribution in [0.5, 0.6) is 5.75 Å². The molecule has 5 nitrogen and oxygen atoms in total. The molecule has 1 aliphatic heterocycles. The van der Waals surface area contributed by atoms with Gasteiger partial charge in [-0.25, -0.2) is 8.42 Å². The highest BCUT2D eigenvalue weighted by molar-refractivity contribution is 7.91. The Kier molecular flexibility index (Phi) is 6.47. The third-order valence-corrected chi connectivity index (χ3v) is 6.88. The summed E-state index contributed by atoms with van der Waals surface area (Å²) < 4.78 is 31.2. The van der Waals surface area contributed by atoms with Crippen LogP contribution in [0.4, 0.5) is 0 Å². The number of nitrogens with zero attached hydrogens (tertiary/aromatic N) is 1. The van der Waals surface area contributed by atoms with E-state index in [0.29, 0.717) is 12.8 Å². The molecule has 0 bridgehead atoms. The average molecular weight is 365 g/mol. The van der Waals surface area contributed by atoms with E-state index in [1.165, 1.54) is 0 Å². The van der Waals surface area contributed by atoms with E-state index in [2.05, 4.69) is 11.4 Å².